The van der Waals surface area contributed by atoms with Gasteiger partial charge in [0.25, 0.3) is 0 Å². The maximum atomic E-state index is 13.7. The molecule has 1 aromatic rings. The Labute approximate surface area is 92.6 Å². The molecule has 0 heterocycles. The molecule has 0 bridgehead atoms. The fourth-order valence-electron chi connectivity index (χ4n) is 1.45. The molecular weight excluding hydrogens is 221 g/mol. The predicted molar refractivity (Wildman–Crippen MR) is 56.7 cm³/mol. The predicted octanol–water partition coefficient (Wildman–Crippen LogP) is 1.79. The van der Waals surface area contributed by atoms with Crippen molar-refractivity contribution in [3.63, 3.8) is 0 Å². The van der Waals surface area contributed by atoms with Gasteiger partial charge in [-0.1, -0.05) is 11.6 Å². The summed E-state index contributed by atoms with van der Waals surface area (Å²) in [6, 6.07) is 0.626. The molecular formula is C10H13ClFNO2. The van der Waals surface area contributed by atoms with Gasteiger partial charge in [0.05, 0.1) is 30.3 Å². The summed E-state index contributed by atoms with van der Waals surface area (Å²) in [5.74, 6) is -0.306. The van der Waals surface area contributed by atoms with E-state index in [0.29, 0.717) is 11.3 Å². The molecule has 0 aliphatic rings. The van der Waals surface area contributed by atoms with Crippen LogP contribution in [0.1, 0.15) is 17.2 Å². The number of aliphatic hydroxyl groups is 1. The summed E-state index contributed by atoms with van der Waals surface area (Å²) in [5.41, 5.74) is 6.38. The Morgan fingerprint density at radius 1 is 1.67 bits per heavy atom. The first-order chi connectivity index (χ1) is 7.02. The van der Waals surface area contributed by atoms with E-state index in [9.17, 15) is 4.39 Å². The number of nitrogens with two attached hydrogens (primary N) is 1. The van der Waals surface area contributed by atoms with Crippen LogP contribution in [-0.2, 0) is 0 Å². The van der Waals surface area contributed by atoms with Crippen molar-refractivity contribution < 1.29 is 14.2 Å². The number of hydrogen-bond donors (Lipinski definition) is 2. The third-order valence-electron chi connectivity index (χ3n) is 2.16. The van der Waals surface area contributed by atoms with Crippen molar-refractivity contribution in [3.8, 4) is 5.75 Å². The van der Waals surface area contributed by atoms with Crippen LogP contribution < -0.4 is 10.5 Å². The number of halogens is 2. The summed E-state index contributed by atoms with van der Waals surface area (Å²) in [7, 11) is 1.42. The van der Waals surface area contributed by atoms with Gasteiger partial charge in [-0.25, -0.2) is 4.39 Å². The molecule has 0 fully saturated rings. The Bertz CT molecular complexity index is 371. The standard InChI is InChI=1S/C10H13ClFNO2/c1-5-3-6(11)9(12)8(7(13)4-14)10(5)15-2/h3,7,14H,4,13H2,1-2H3. The molecule has 0 spiro atoms. The first kappa shape index (κ1) is 12.2. The van der Waals surface area contributed by atoms with Gasteiger partial charge in [0.15, 0.2) is 0 Å². The molecule has 1 rings (SSSR count). The van der Waals surface area contributed by atoms with Crippen molar-refractivity contribution in [3.05, 3.63) is 28.0 Å². The van der Waals surface area contributed by atoms with Crippen LogP contribution >= 0.6 is 11.6 Å². The van der Waals surface area contributed by atoms with Gasteiger partial charge in [0.1, 0.15) is 11.6 Å². The Kier molecular flexibility index (Phi) is 3.90. The zero-order valence-corrected chi connectivity index (χ0v) is 9.31. The maximum absolute atomic E-state index is 13.7. The van der Waals surface area contributed by atoms with Crippen LogP contribution in [0.3, 0.4) is 0 Å². The number of rotatable bonds is 3. The molecule has 0 radical (unpaired) electrons. The molecule has 3 nitrogen and oxygen atoms in total. The van der Waals surface area contributed by atoms with Gasteiger partial charge in [0, 0.05) is 0 Å². The Morgan fingerprint density at radius 2 is 2.27 bits per heavy atom. The van der Waals surface area contributed by atoms with Crippen LogP contribution in [0.5, 0.6) is 5.75 Å². The number of aliphatic hydroxyl groups excluding tert-OH is 1. The molecule has 15 heavy (non-hydrogen) atoms. The van der Waals surface area contributed by atoms with E-state index in [1.165, 1.54) is 13.2 Å². The molecule has 0 saturated carbocycles. The number of methoxy groups -OCH3 is 1. The molecule has 3 N–H and O–H groups in total. The number of aryl methyl sites for hydroxylation is 1. The Balaban J connectivity index is 3.43. The van der Waals surface area contributed by atoms with Crippen molar-refractivity contribution in [2.75, 3.05) is 13.7 Å². The van der Waals surface area contributed by atoms with E-state index >= 15 is 0 Å². The minimum Gasteiger partial charge on any atom is -0.496 e. The number of hydrogen-bond acceptors (Lipinski definition) is 3. The molecule has 0 aliphatic heterocycles. The second kappa shape index (κ2) is 4.79. The fourth-order valence-corrected chi connectivity index (χ4v) is 1.72. The van der Waals surface area contributed by atoms with E-state index in [2.05, 4.69) is 0 Å². The van der Waals surface area contributed by atoms with Crippen molar-refractivity contribution in [2.45, 2.75) is 13.0 Å². The lowest BCUT2D eigenvalue weighted by Crippen LogP contribution is -2.18. The lowest BCUT2D eigenvalue weighted by molar-refractivity contribution is 0.261. The van der Waals surface area contributed by atoms with Gasteiger partial charge in [-0.2, -0.15) is 0 Å². The Hall–Kier alpha value is -0.840. The molecule has 1 aromatic carbocycles. The molecule has 5 heteroatoms. The molecule has 0 aliphatic carbocycles. The van der Waals surface area contributed by atoms with Gasteiger partial charge in [-0.05, 0) is 18.6 Å². The van der Waals surface area contributed by atoms with E-state index < -0.39 is 11.9 Å². The molecule has 1 unspecified atom stereocenters. The monoisotopic (exact) mass is 233 g/mol. The van der Waals surface area contributed by atoms with Crippen molar-refractivity contribution in [1.82, 2.24) is 0 Å². The normalized spacial score (nSPS) is 12.7. The minimum atomic E-state index is -0.836. The largest absolute Gasteiger partial charge is 0.496 e. The van der Waals surface area contributed by atoms with Crippen LogP contribution in [0.4, 0.5) is 4.39 Å². The van der Waals surface area contributed by atoms with Crippen LogP contribution in [0.15, 0.2) is 6.07 Å². The van der Waals surface area contributed by atoms with Crippen LogP contribution in [0.2, 0.25) is 5.02 Å². The summed E-state index contributed by atoms with van der Waals surface area (Å²) in [4.78, 5) is 0. The van der Waals surface area contributed by atoms with Gasteiger partial charge in [-0.3, -0.25) is 0 Å². The zero-order chi connectivity index (χ0) is 11.6. The quantitative estimate of drug-likeness (QED) is 0.837. The lowest BCUT2D eigenvalue weighted by atomic mass is 10.0. The van der Waals surface area contributed by atoms with E-state index in [0.717, 1.165) is 0 Å². The average Bonchev–Trinajstić information content (AvgIpc) is 2.21. The summed E-state index contributed by atoms with van der Waals surface area (Å²) in [5, 5.41) is 8.90. The highest BCUT2D eigenvalue weighted by atomic mass is 35.5. The maximum Gasteiger partial charge on any atom is 0.150 e. The first-order valence-corrected chi connectivity index (χ1v) is 4.79. The van der Waals surface area contributed by atoms with Gasteiger partial charge in [-0.15, -0.1) is 0 Å². The highest BCUT2D eigenvalue weighted by molar-refractivity contribution is 6.31. The van der Waals surface area contributed by atoms with Crippen molar-refractivity contribution in [1.29, 1.82) is 0 Å². The second-order valence-electron chi connectivity index (χ2n) is 3.23. The highest BCUT2D eigenvalue weighted by Gasteiger charge is 2.21. The average molecular weight is 234 g/mol. The highest BCUT2D eigenvalue weighted by Crippen LogP contribution is 2.34. The molecule has 0 aromatic heterocycles. The van der Waals surface area contributed by atoms with Crippen LogP contribution in [-0.4, -0.2) is 18.8 Å². The third kappa shape index (κ3) is 2.22. The summed E-state index contributed by atoms with van der Waals surface area (Å²) >= 11 is 5.68. The van der Waals surface area contributed by atoms with Gasteiger partial charge < -0.3 is 15.6 Å². The third-order valence-corrected chi connectivity index (χ3v) is 2.44. The molecule has 84 valence electrons. The SMILES string of the molecule is COc1c(C)cc(Cl)c(F)c1C(N)CO. The van der Waals surface area contributed by atoms with Crippen LogP contribution in [0.25, 0.3) is 0 Å². The summed E-state index contributed by atoms with van der Waals surface area (Å²) in [6.07, 6.45) is 0. The summed E-state index contributed by atoms with van der Waals surface area (Å²) < 4.78 is 18.7. The first-order valence-electron chi connectivity index (χ1n) is 4.41. The van der Waals surface area contributed by atoms with E-state index in [1.54, 1.807) is 6.92 Å². The van der Waals surface area contributed by atoms with E-state index in [-0.39, 0.29) is 17.2 Å². The lowest BCUT2D eigenvalue weighted by Gasteiger charge is -2.17. The number of ether oxygens (including phenoxy) is 1. The van der Waals surface area contributed by atoms with Gasteiger partial charge >= 0.3 is 0 Å². The number of benzene rings is 1. The van der Waals surface area contributed by atoms with Crippen molar-refractivity contribution >= 4 is 11.6 Å². The smallest absolute Gasteiger partial charge is 0.150 e. The van der Waals surface area contributed by atoms with E-state index in [4.69, 9.17) is 27.2 Å². The Morgan fingerprint density at radius 3 is 2.73 bits per heavy atom. The van der Waals surface area contributed by atoms with Gasteiger partial charge in [0.2, 0.25) is 0 Å². The zero-order valence-electron chi connectivity index (χ0n) is 8.55. The van der Waals surface area contributed by atoms with Crippen LogP contribution in [0, 0.1) is 12.7 Å². The minimum absolute atomic E-state index is 0.0211. The molecule has 0 saturated heterocycles. The van der Waals surface area contributed by atoms with E-state index in [1.807, 2.05) is 0 Å². The molecule has 0 amide bonds. The fraction of sp³-hybridized carbons (Fsp3) is 0.400. The van der Waals surface area contributed by atoms with Crippen molar-refractivity contribution in [2.24, 2.45) is 5.73 Å². The molecule has 1 atom stereocenters. The summed E-state index contributed by atoms with van der Waals surface area (Å²) in [6.45, 7) is 1.37. The second-order valence-corrected chi connectivity index (χ2v) is 3.63. The topological polar surface area (TPSA) is 55.5 Å².